The molecule has 0 saturated carbocycles. The molecule has 6 rings (SSSR count). The molecule has 1 aliphatic rings. The molecule has 0 aromatic heterocycles. The maximum Gasteiger partial charge on any atom is 0.336 e. The smallest absolute Gasteiger partial charge is 0.336 e. The number of thioether (sulfide) groups is 1. The molecule has 1 aliphatic heterocycles. The Morgan fingerprint density at radius 3 is 2.04 bits per heavy atom. The second kappa shape index (κ2) is 16.3. The van der Waals surface area contributed by atoms with Crippen LogP contribution < -0.4 is 5.32 Å². The summed E-state index contributed by atoms with van der Waals surface area (Å²) in [6.45, 7) is 1.65. The van der Waals surface area contributed by atoms with E-state index in [0.717, 1.165) is 16.7 Å². The van der Waals surface area contributed by atoms with Crippen molar-refractivity contribution >= 4 is 23.6 Å². The van der Waals surface area contributed by atoms with Gasteiger partial charge in [-0.1, -0.05) is 85.8 Å². The minimum atomic E-state index is -2.35. The molecule has 1 fully saturated rings. The van der Waals surface area contributed by atoms with Gasteiger partial charge >= 0.3 is 5.97 Å². The number of carboxylic acid groups (broad SMARTS) is 1. The number of aliphatic hydroxyl groups excluding tert-OH is 1. The van der Waals surface area contributed by atoms with E-state index in [9.17, 15) is 41.8 Å². The fourth-order valence-electron chi connectivity index (χ4n) is 6.02. The molecule has 0 bridgehead atoms. The lowest BCUT2D eigenvalue weighted by Gasteiger charge is -2.41. The predicted octanol–water partition coefficient (Wildman–Crippen LogP) is 8.75. The zero-order valence-corrected chi connectivity index (χ0v) is 28.8. The molecule has 5 aromatic rings. The van der Waals surface area contributed by atoms with Gasteiger partial charge in [0.05, 0.1) is 24.4 Å². The van der Waals surface area contributed by atoms with E-state index in [0.29, 0.717) is 27.3 Å². The van der Waals surface area contributed by atoms with Crippen LogP contribution in [0, 0.1) is 35.0 Å². The average molecular weight is 750 g/mol. The third-order valence-electron chi connectivity index (χ3n) is 8.98. The Morgan fingerprint density at radius 1 is 0.736 bits per heavy atom. The first-order valence-corrected chi connectivity index (χ1v) is 17.4. The molecule has 4 atom stereocenters. The normalized spacial score (nSPS) is 18.5. The van der Waals surface area contributed by atoms with E-state index in [-0.39, 0.29) is 30.7 Å². The number of rotatable bonds is 11. The van der Waals surface area contributed by atoms with Crippen molar-refractivity contribution in [3.63, 3.8) is 0 Å². The predicted molar refractivity (Wildman–Crippen MR) is 186 cm³/mol. The molecule has 13 heteroatoms. The Hall–Kier alpha value is -5.08. The van der Waals surface area contributed by atoms with E-state index in [1.54, 1.807) is 48.5 Å². The van der Waals surface area contributed by atoms with E-state index in [4.69, 9.17) is 9.47 Å². The quantitative estimate of drug-likeness (QED) is 0.0537. The van der Waals surface area contributed by atoms with Crippen molar-refractivity contribution in [2.75, 3.05) is 5.75 Å². The minimum Gasteiger partial charge on any atom is -0.478 e. The zero-order valence-electron chi connectivity index (χ0n) is 28.0. The summed E-state index contributed by atoms with van der Waals surface area (Å²) in [5.74, 6) is -13.4. The summed E-state index contributed by atoms with van der Waals surface area (Å²) in [5.41, 5.74) is 2.97. The summed E-state index contributed by atoms with van der Waals surface area (Å²) in [6, 6.07) is 28.4. The zero-order chi connectivity index (χ0) is 37.8. The molecule has 5 aromatic carbocycles. The highest BCUT2D eigenvalue weighted by molar-refractivity contribution is 7.99. The Labute approximate surface area is 305 Å². The molecule has 0 aliphatic carbocycles. The van der Waals surface area contributed by atoms with E-state index >= 15 is 0 Å². The lowest BCUT2D eigenvalue weighted by atomic mass is 9.91. The van der Waals surface area contributed by atoms with Crippen molar-refractivity contribution < 1.29 is 51.2 Å². The first kappa shape index (κ1) is 37.7. The number of ether oxygens (including phenoxy) is 2. The Kier molecular flexibility index (Phi) is 11.6. The van der Waals surface area contributed by atoms with Crippen LogP contribution in [0.5, 0.6) is 0 Å². The van der Waals surface area contributed by atoms with Crippen molar-refractivity contribution in [1.29, 1.82) is 0 Å². The third kappa shape index (κ3) is 8.13. The summed E-state index contributed by atoms with van der Waals surface area (Å²) >= 11 is 1.39. The topological polar surface area (TPSA) is 105 Å². The van der Waals surface area contributed by atoms with Crippen LogP contribution in [0.3, 0.4) is 0 Å². The number of carboxylic acids is 1. The van der Waals surface area contributed by atoms with E-state index < -0.39 is 58.9 Å². The van der Waals surface area contributed by atoms with Gasteiger partial charge in [0.1, 0.15) is 5.56 Å². The van der Waals surface area contributed by atoms with Crippen LogP contribution in [0.4, 0.5) is 22.0 Å². The highest BCUT2D eigenvalue weighted by atomic mass is 32.2. The second-order valence-corrected chi connectivity index (χ2v) is 13.4. The molecule has 0 radical (unpaired) electrons. The lowest BCUT2D eigenvalue weighted by Crippen LogP contribution is -2.38. The Bertz CT molecular complexity index is 2100. The van der Waals surface area contributed by atoms with Crippen molar-refractivity contribution in [1.82, 2.24) is 5.32 Å². The molecular formula is C40H32F5NO6S. The number of carbonyl (C=O) groups excluding carboxylic acids is 1. The second-order valence-electron chi connectivity index (χ2n) is 12.4. The van der Waals surface area contributed by atoms with Gasteiger partial charge in [0, 0.05) is 28.7 Å². The molecule has 1 saturated heterocycles. The van der Waals surface area contributed by atoms with Crippen LogP contribution in [-0.4, -0.2) is 33.9 Å². The molecule has 1 heterocycles. The molecule has 0 unspecified atom stereocenters. The van der Waals surface area contributed by atoms with E-state index in [1.807, 2.05) is 55.5 Å². The number of carbonyl (C=O) groups is 2. The largest absolute Gasteiger partial charge is 0.478 e. The van der Waals surface area contributed by atoms with Crippen molar-refractivity contribution in [3.8, 4) is 11.1 Å². The number of nitrogens with one attached hydrogen (secondary N) is 1. The number of halogens is 5. The number of aliphatic hydroxyl groups is 1. The van der Waals surface area contributed by atoms with Crippen LogP contribution in [0.15, 0.2) is 102 Å². The van der Waals surface area contributed by atoms with E-state index in [1.165, 1.54) is 11.8 Å². The number of amides is 1. The molecule has 0 spiro atoms. The number of hydrogen-bond acceptors (Lipinski definition) is 6. The summed E-state index contributed by atoms with van der Waals surface area (Å²) in [6.07, 6.45) is -1.52. The third-order valence-corrected chi connectivity index (χ3v) is 10.1. The maximum atomic E-state index is 14.1. The fraction of sp³-hybridized carbons (Fsp3) is 0.200. The summed E-state index contributed by atoms with van der Waals surface area (Å²) in [4.78, 5) is 24.9. The number of benzene rings is 5. The molecular weight excluding hydrogens is 717 g/mol. The van der Waals surface area contributed by atoms with Gasteiger partial charge in [-0.15, -0.1) is 11.8 Å². The van der Waals surface area contributed by atoms with Crippen molar-refractivity contribution in [2.24, 2.45) is 5.92 Å². The highest BCUT2D eigenvalue weighted by Gasteiger charge is 2.38. The summed E-state index contributed by atoms with van der Waals surface area (Å²) in [5, 5.41) is 21.4. The lowest BCUT2D eigenvalue weighted by molar-refractivity contribution is -0.268. The number of aromatic carboxylic acids is 1. The molecule has 3 N–H and O–H groups in total. The van der Waals surface area contributed by atoms with Gasteiger partial charge in [-0.05, 0) is 46.0 Å². The van der Waals surface area contributed by atoms with Gasteiger partial charge in [0.25, 0.3) is 5.91 Å². The summed E-state index contributed by atoms with van der Waals surface area (Å²) < 4.78 is 82.0. The Balaban J connectivity index is 1.19. The molecule has 274 valence electrons. The SMILES string of the molecule is C[C@@H]1[C@H](CSc2ccccc2C(=O)O)O[C@H](c2ccc(-c3cccc(CNC(=O)c4c(F)c(F)c(F)c(F)c4F)c3)cc2)O[C@@H]1c1ccc(CO)cc1. The fourth-order valence-corrected chi connectivity index (χ4v) is 7.23. The summed E-state index contributed by atoms with van der Waals surface area (Å²) in [7, 11) is 0. The van der Waals surface area contributed by atoms with Crippen molar-refractivity contribution in [3.05, 3.63) is 160 Å². The molecule has 7 nitrogen and oxygen atoms in total. The first-order chi connectivity index (χ1) is 25.5. The minimum absolute atomic E-state index is 0.0996. The standard InChI is InChI=1S/C40H32F5NO6S/c1-21-29(20-53-30-8-3-2-7-28(30)39(49)50)51-40(52-37(21)25-11-9-22(19-47)10-12-25)26-15-13-24(14-16-26)27-6-4-5-23(17-27)18-46-38(48)31-32(41)34(43)36(45)35(44)33(31)42/h2-17,21,29,37,40,47H,18-20H2,1H3,(H,46,48)(H,49,50)/t21-,29+,37+,40+/m1/s1. The van der Waals surface area contributed by atoms with Crippen LogP contribution >= 0.6 is 11.8 Å². The van der Waals surface area contributed by atoms with Gasteiger partial charge in [-0.2, -0.15) is 0 Å². The Morgan fingerprint density at radius 2 is 1.38 bits per heavy atom. The maximum absolute atomic E-state index is 14.1. The van der Waals surface area contributed by atoms with Crippen LogP contribution in [-0.2, 0) is 22.6 Å². The molecule has 1 amide bonds. The van der Waals surface area contributed by atoms with Crippen LogP contribution in [0.2, 0.25) is 0 Å². The molecule has 53 heavy (non-hydrogen) atoms. The van der Waals surface area contributed by atoms with Crippen LogP contribution in [0.25, 0.3) is 11.1 Å². The van der Waals surface area contributed by atoms with Gasteiger partial charge in [0.15, 0.2) is 29.6 Å². The van der Waals surface area contributed by atoms with E-state index in [2.05, 4.69) is 5.32 Å². The highest BCUT2D eigenvalue weighted by Crippen LogP contribution is 2.43. The average Bonchev–Trinajstić information content (AvgIpc) is 3.18. The van der Waals surface area contributed by atoms with Gasteiger partial charge in [-0.3, -0.25) is 4.79 Å². The first-order valence-electron chi connectivity index (χ1n) is 16.4. The van der Waals surface area contributed by atoms with Gasteiger partial charge < -0.3 is 25.0 Å². The number of hydrogen-bond donors (Lipinski definition) is 3. The van der Waals surface area contributed by atoms with Gasteiger partial charge in [-0.25, -0.2) is 26.7 Å². The van der Waals surface area contributed by atoms with Gasteiger partial charge in [0.2, 0.25) is 5.82 Å². The van der Waals surface area contributed by atoms with Crippen molar-refractivity contribution in [2.45, 2.75) is 43.5 Å². The monoisotopic (exact) mass is 749 g/mol. The van der Waals surface area contributed by atoms with Crippen LogP contribution in [0.1, 0.15) is 62.3 Å².